The van der Waals surface area contributed by atoms with E-state index in [1.807, 2.05) is 46.2 Å². The number of hydrogen-bond donors (Lipinski definition) is 2. The Morgan fingerprint density at radius 1 is 1.15 bits per heavy atom. The summed E-state index contributed by atoms with van der Waals surface area (Å²) in [7, 11) is 0. The number of nitrogen functional groups attached to an aromatic ring is 1. The molecule has 34 heavy (non-hydrogen) atoms. The van der Waals surface area contributed by atoms with Crippen molar-refractivity contribution in [3.05, 3.63) is 54.0 Å². The first-order valence-corrected chi connectivity index (χ1v) is 11.4. The summed E-state index contributed by atoms with van der Waals surface area (Å²) in [6.07, 6.45) is 7.34. The van der Waals surface area contributed by atoms with E-state index in [-0.39, 0.29) is 17.9 Å². The molecule has 0 atom stereocenters. The van der Waals surface area contributed by atoms with Gasteiger partial charge in [-0.05, 0) is 30.5 Å². The van der Waals surface area contributed by atoms with Crippen molar-refractivity contribution in [1.29, 1.82) is 0 Å². The highest BCUT2D eigenvalue weighted by molar-refractivity contribution is 6.02. The molecule has 0 aliphatic carbocycles. The number of aromatic nitrogens is 3. The number of amides is 2. The van der Waals surface area contributed by atoms with E-state index in [0.717, 1.165) is 53.6 Å². The number of fused-ring (bicyclic) bond motifs is 2. The van der Waals surface area contributed by atoms with Gasteiger partial charge in [0.15, 0.2) is 11.4 Å². The Labute approximate surface area is 195 Å². The zero-order valence-corrected chi connectivity index (χ0v) is 18.7. The van der Waals surface area contributed by atoms with Crippen molar-refractivity contribution in [3.63, 3.8) is 0 Å². The van der Waals surface area contributed by atoms with Crippen molar-refractivity contribution in [2.45, 2.75) is 32.4 Å². The molecule has 1 fully saturated rings. The highest BCUT2D eigenvalue weighted by Gasteiger charge is 2.24. The summed E-state index contributed by atoms with van der Waals surface area (Å²) in [6.45, 7) is 3.65. The third-order valence-electron chi connectivity index (χ3n) is 6.86. The van der Waals surface area contributed by atoms with Gasteiger partial charge in [0.05, 0.1) is 12.2 Å². The zero-order valence-electron chi connectivity index (χ0n) is 18.7. The van der Waals surface area contributed by atoms with Crippen LogP contribution in [-0.2, 0) is 11.3 Å². The molecule has 1 aromatic carbocycles. The molecule has 0 saturated carbocycles. The molecule has 9 heteroatoms. The minimum Gasteiger partial charge on any atom is -0.452 e. The Hall–Kier alpha value is -4.14. The van der Waals surface area contributed by atoms with E-state index < -0.39 is 0 Å². The van der Waals surface area contributed by atoms with E-state index in [4.69, 9.17) is 10.2 Å². The first-order chi connectivity index (χ1) is 16.5. The molecule has 0 unspecified atom stereocenters. The SMILES string of the molecule is CC(=O)N1CCC(n2cc(-c3cnc(N)c4oc(-c5ccc6c(c5)C(=O)NC6)cc34)cn2)CC1. The number of anilines is 1. The Bertz CT molecular complexity index is 1440. The maximum atomic E-state index is 12.1. The number of hydrogen-bond acceptors (Lipinski definition) is 6. The Morgan fingerprint density at radius 2 is 1.97 bits per heavy atom. The van der Waals surface area contributed by atoms with E-state index >= 15 is 0 Å². The van der Waals surface area contributed by atoms with E-state index in [2.05, 4.69) is 15.4 Å². The van der Waals surface area contributed by atoms with Gasteiger partial charge in [-0.3, -0.25) is 14.3 Å². The van der Waals surface area contributed by atoms with E-state index in [1.54, 1.807) is 13.1 Å². The van der Waals surface area contributed by atoms with Crippen LogP contribution >= 0.6 is 0 Å². The summed E-state index contributed by atoms with van der Waals surface area (Å²) in [6, 6.07) is 7.94. The first kappa shape index (κ1) is 20.5. The molecule has 5 heterocycles. The van der Waals surface area contributed by atoms with Crippen LogP contribution in [0.25, 0.3) is 33.4 Å². The monoisotopic (exact) mass is 456 g/mol. The van der Waals surface area contributed by atoms with Crippen molar-refractivity contribution in [2.75, 3.05) is 18.8 Å². The minimum atomic E-state index is -0.0728. The van der Waals surface area contributed by atoms with Gasteiger partial charge < -0.3 is 20.4 Å². The van der Waals surface area contributed by atoms with Crippen LogP contribution < -0.4 is 11.1 Å². The molecular formula is C25H24N6O3. The van der Waals surface area contributed by atoms with Crippen LogP contribution in [0.3, 0.4) is 0 Å². The number of carbonyl (C=O) groups excluding carboxylic acids is 2. The van der Waals surface area contributed by atoms with E-state index in [9.17, 15) is 9.59 Å². The van der Waals surface area contributed by atoms with Crippen LogP contribution in [0.1, 0.15) is 41.7 Å². The molecule has 4 aromatic rings. The molecule has 9 nitrogen and oxygen atoms in total. The smallest absolute Gasteiger partial charge is 0.251 e. The maximum Gasteiger partial charge on any atom is 0.251 e. The summed E-state index contributed by atoms with van der Waals surface area (Å²) in [5.74, 6) is 0.987. The van der Waals surface area contributed by atoms with Gasteiger partial charge >= 0.3 is 0 Å². The molecule has 172 valence electrons. The van der Waals surface area contributed by atoms with Crippen LogP contribution in [0, 0.1) is 0 Å². The third-order valence-corrected chi connectivity index (χ3v) is 6.86. The van der Waals surface area contributed by atoms with Crippen molar-refractivity contribution >= 4 is 28.6 Å². The average molecular weight is 457 g/mol. The molecule has 1 saturated heterocycles. The summed E-state index contributed by atoms with van der Waals surface area (Å²) >= 11 is 0. The second kappa shape index (κ2) is 7.72. The fourth-order valence-electron chi connectivity index (χ4n) is 4.90. The van der Waals surface area contributed by atoms with Gasteiger partial charge in [-0.15, -0.1) is 0 Å². The number of nitrogens with two attached hydrogens (primary N) is 1. The lowest BCUT2D eigenvalue weighted by Gasteiger charge is -2.31. The van der Waals surface area contributed by atoms with Crippen LogP contribution in [0.2, 0.25) is 0 Å². The van der Waals surface area contributed by atoms with Gasteiger partial charge in [-0.2, -0.15) is 5.10 Å². The van der Waals surface area contributed by atoms with Crippen LogP contribution in [0.15, 0.2) is 47.3 Å². The lowest BCUT2D eigenvalue weighted by molar-refractivity contribution is -0.130. The summed E-state index contributed by atoms with van der Waals surface area (Å²) in [5, 5.41) is 8.29. The summed E-state index contributed by atoms with van der Waals surface area (Å²) in [4.78, 5) is 29.9. The number of likely N-dealkylation sites (tertiary alicyclic amines) is 1. The van der Waals surface area contributed by atoms with Crippen LogP contribution in [0.5, 0.6) is 0 Å². The van der Waals surface area contributed by atoms with Gasteiger partial charge in [0.2, 0.25) is 5.91 Å². The molecular weight excluding hydrogens is 432 g/mol. The van der Waals surface area contributed by atoms with E-state index in [1.165, 1.54) is 0 Å². The normalized spacial score (nSPS) is 16.1. The van der Waals surface area contributed by atoms with Crippen LogP contribution in [0.4, 0.5) is 5.82 Å². The van der Waals surface area contributed by atoms with Crippen LogP contribution in [-0.4, -0.2) is 44.6 Å². The molecule has 2 aliphatic rings. The van der Waals surface area contributed by atoms with Gasteiger partial charge in [0.25, 0.3) is 5.91 Å². The number of nitrogens with zero attached hydrogens (tertiary/aromatic N) is 4. The van der Waals surface area contributed by atoms with Crippen molar-refractivity contribution in [1.82, 2.24) is 25.0 Å². The molecule has 3 aromatic heterocycles. The first-order valence-electron chi connectivity index (χ1n) is 11.4. The molecule has 0 bridgehead atoms. The number of rotatable bonds is 3. The van der Waals surface area contributed by atoms with Crippen molar-refractivity contribution in [3.8, 4) is 22.5 Å². The topological polar surface area (TPSA) is 119 Å². The van der Waals surface area contributed by atoms with Gasteiger partial charge in [0, 0.05) is 66.6 Å². The Morgan fingerprint density at radius 3 is 2.76 bits per heavy atom. The van der Waals surface area contributed by atoms with Gasteiger partial charge in [-0.25, -0.2) is 4.98 Å². The fourth-order valence-corrected chi connectivity index (χ4v) is 4.90. The van der Waals surface area contributed by atoms with Gasteiger partial charge in [-0.1, -0.05) is 12.1 Å². The quantitative estimate of drug-likeness (QED) is 0.488. The molecule has 6 rings (SSSR count). The number of piperidine rings is 1. The standard InChI is InChI=1S/C25H24N6O3/c1-14(32)30-6-4-18(5-7-30)31-13-17(11-29-31)21-12-27-24(26)23-20(21)9-22(34-23)15-2-3-16-10-28-25(33)19(16)8-15/h2-3,8-9,11-13,18H,4-7,10H2,1H3,(H2,26,27)(H,28,33). The molecule has 3 N–H and O–H groups in total. The predicted molar refractivity (Wildman–Crippen MR) is 127 cm³/mol. The highest BCUT2D eigenvalue weighted by atomic mass is 16.3. The van der Waals surface area contributed by atoms with E-state index in [0.29, 0.717) is 29.3 Å². The van der Waals surface area contributed by atoms with Crippen molar-refractivity contribution in [2.24, 2.45) is 0 Å². The average Bonchev–Trinajstić information content (AvgIpc) is 3.59. The number of furan rings is 1. The van der Waals surface area contributed by atoms with Crippen molar-refractivity contribution < 1.29 is 14.0 Å². The largest absolute Gasteiger partial charge is 0.452 e. The molecule has 0 radical (unpaired) electrons. The second-order valence-electron chi connectivity index (χ2n) is 8.91. The Balaban J connectivity index is 1.34. The fraction of sp³-hybridized carbons (Fsp3) is 0.280. The third kappa shape index (κ3) is 3.32. The highest BCUT2D eigenvalue weighted by Crippen LogP contribution is 2.37. The molecule has 0 spiro atoms. The maximum absolute atomic E-state index is 12.1. The predicted octanol–water partition coefficient (Wildman–Crippen LogP) is 3.37. The lowest BCUT2D eigenvalue weighted by Crippen LogP contribution is -2.37. The van der Waals surface area contributed by atoms with Gasteiger partial charge in [0.1, 0.15) is 5.76 Å². The Kier molecular flexibility index (Phi) is 4.65. The molecule has 2 amide bonds. The minimum absolute atomic E-state index is 0.0728. The number of nitrogens with one attached hydrogen (secondary N) is 1. The summed E-state index contributed by atoms with van der Waals surface area (Å²) in [5.41, 5.74) is 10.9. The summed E-state index contributed by atoms with van der Waals surface area (Å²) < 4.78 is 8.10. The molecule has 2 aliphatic heterocycles. The second-order valence-corrected chi connectivity index (χ2v) is 8.91. The lowest BCUT2D eigenvalue weighted by atomic mass is 10.0. The number of pyridine rings is 1. The number of benzene rings is 1. The number of carbonyl (C=O) groups is 2. The zero-order chi connectivity index (χ0) is 23.4.